The Hall–Kier alpha value is -1.38. The maximum Gasteiger partial charge on any atom is 0.203 e. The Morgan fingerprint density at radius 2 is 1.68 bits per heavy atom. The third-order valence-corrected chi connectivity index (χ3v) is 2.25. The van der Waals surface area contributed by atoms with E-state index >= 15 is 0 Å². The molecule has 0 amide bonds. The zero-order valence-electron chi connectivity index (χ0n) is 11.3. The average Bonchev–Trinajstić information content (AvgIpc) is 2.37. The fourth-order valence-corrected chi connectivity index (χ4v) is 1.49. The van der Waals surface area contributed by atoms with Crippen molar-refractivity contribution in [1.82, 2.24) is 0 Å². The van der Waals surface area contributed by atoms with Gasteiger partial charge < -0.3 is 25.7 Å². The Labute approximate surface area is 130 Å². The molecular formula is C12H20IN3O3. The normalized spacial score (nSPS) is 9.21. The van der Waals surface area contributed by atoms with Crippen LogP contribution in [0.25, 0.3) is 0 Å². The number of hydrogen-bond donors (Lipinski definition) is 2. The van der Waals surface area contributed by atoms with E-state index in [0.29, 0.717) is 30.4 Å². The molecule has 0 saturated heterocycles. The molecule has 19 heavy (non-hydrogen) atoms. The molecule has 6 nitrogen and oxygen atoms in total. The Balaban J connectivity index is 0.00000324. The van der Waals surface area contributed by atoms with Crippen molar-refractivity contribution in [3.05, 3.63) is 17.7 Å². The van der Waals surface area contributed by atoms with Gasteiger partial charge in [0.25, 0.3) is 0 Å². The lowest BCUT2D eigenvalue weighted by molar-refractivity contribution is 0.288. The second-order valence-corrected chi connectivity index (χ2v) is 3.50. The lowest BCUT2D eigenvalue weighted by Crippen LogP contribution is -2.22. The predicted octanol–water partition coefficient (Wildman–Crippen LogP) is 1.49. The summed E-state index contributed by atoms with van der Waals surface area (Å²) in [7, 11) is 3.14. The second kappa shape index (κ2) is 8.68. The van der Waals surface area contributed by atoms with E-state index in [1.165, 1.54) is 0 Å². The first-order valence-electron chi connectivity index (χ1n) is 5.55. The molecular weight excluding hydrogens is 361 g/mol. The Bertz CT molecular complexity index is 409. The fourth-order valence-electron chi connectivity index (χ4n) is 1.49. The molecule has 0 aliphatic heterocycles. The zero-order valence-corrected chi connectivity index (χ0v) is 13.6. The van der Waals surface area contributed by atoms with Gasteiger partial charge in [0.2, 0.25) is 5.75 Å². The van der Waals surface area contributed by atoms with E-state index in [2.05, 4.69) is 4.99 Å². The van der Waals surface area contributed by atoms with E-state index in [1.54, 1.807) is 14.2 Å². The maximum atomic E-state index is 5.50. The molecule has 0 bridgehead atoms. The minimum atomic E-state index is 0. The van der Waals surface area contributed by atoms with Crippen LogP contribution in [-0.2, 0) is 6.54 Å². The van der Waals surface area contributed by atoms with Gasteiger partial charge in [-0.25, -0.2) is 4.99 Å². The van der Waals surface area contributed by atoms with Gasteiger partial charge in [0, 0.05) is 0 Å². The summed E-state index contributed by atoms with van der Waals surface area (Å²) >= 11 is 0. The summed E-state index contributed by atoms with van der Waals surface area (Å²) in [4.78, 5) is 3.94. The number of nitrogens with zero attached hydrogens (tertiary/aromatic N) is 1. The molecule has 7 heteroatoms. The molecule has 0 saturated carbocycles. The number of guanidine groups is 1. The zero-order chi connectivity index (χ0) is 13.5. The first kappa shape index (κ1) is 17.6. The summed E-state index contributed by atoms with van der Waals surface area (Å²) in [5.41, 5.74) is 11.5. The number of hydrogen-bond acceptors (Lipinski definition) is 4. The van der Waals surface area contributed by atoms with Gasteiger partial charge in [0.05, 0.1) is 27.4 Å². The highest BCUT2D eigenvalue weighted by Gasteiger charge is 2.13. The molecule has 108 valence electrons. The summed E-state index contributed by atoms with van der Waals surface area (Å²) in [6, 6.07) is 3.64. The van der Waals surface area contributed by atoms with Crippen molar-refractivity contribution in [3.8, 4) is 17.2 Å². The monoisotopic (exact) mass is 381 g/mol. The van der Waals surface area contributed by atoms with Gasteiger partial charge in [-0.1, -0.05) is 0 Å². The predicted molar refractivity (Wildman–Crippen MR) is 85.6 cm³/mol. The standard InChI is InChI=1S/C12H19N3O3.HI/c1-4-18-11-9(16-2)5-8(6-10(11)17-3)7-15-12(13)14;/h5-6H,4,7H2,1-3H3,(H4,13,14,15);1H. The molecule has 0 aliphatic rings. The number of methoxy groups -OCH3 is 2. The summed E-state index contributed by atoms with van der Waals surface area (Å²) in [6.07, 6.45) is 0. The minimum absolute atomic E-state index is 0. The van der Waals surface area contributed by atoms with Gasteiger partial charge in [-0.2, -0.15) is 0 Å². The smallest absolute Gasteiger partial charge is 0.203 e. The number of aliphatic imine (C=N–C) groups is 1. The molecule has 0 unspecified atom stereocenters. The summed E-state index contributed by atoms with van der Waals surface area (Å²) in [5, 5.41) is 0. The second-order valence-electron chi connectivity index (χ2n) is 3.50. The van der Waals surface area contributed by atoms with E-state index in [9.17, 15) is 0 Å². The van der Waals surface area contributed by atoms with E-state index in [1.807, 2.05) is 19.1 Å². The molecule has 1 aromatic carbocycles. The molecule has 1 aromatic rings. The third-order valence-electron chi connectivity index (χ3n) is 2.25. The molecule has 0 aliphatic carbocycles. The number of rotatable bonds is 6. The number of nitrogens with two attached hydrogens (primary N) is 2. The van der Waals surface area contributed by atoms with Crippen LogP contribution in [-0.4, -0.2) is 26.8 Å². The highest BCUT2D eigenvalue weighted by atomic mass is 127. The quantitative estimate of drug-likeness (QED) is 0.443. The third kappa shape index (κ3) is 5.01. The van der Waals surface area contributed by atoms with Crippen LogP contribution >= 0.6 is 24.0 Å². The number of benzene rings is 1. The van der Waals surface area contributed by atoms with Crippen molar-refractivity contribution in [2.45, 2.75) is 13.5 Å². The van der Waals surface area contributed by atoms with E-state index in [4.69, 9.17) is 25.7 Å². The van der Waals surface area contributed by atoms with Crippen molar-refractivity contribution in [2.75, 3.05) is 20.8 Å². The Morgan fingerprint density at radius 1 is 1.16 bits per heavy atom. The Morgan fingerprint density at radius 3 is 2.05 bits per heavy atom. The highest BCUT2D eigenvalue weighted by Crippen LogP contribution is 2.38. The summed E-state index contributed by atoms with van der Waals surface area (Å²) < 4.78 is 16.0. The molecule has 4 N–H and O–H groups in total. The fraction of sp³-hybridized carbons (Fsp3) is 0.417. The van der Waals surface area contributed by atoms with Gasteiger partial charge >= 0.3 is 0 Å². The van der Waals surface area contributed by atoms with Crippen LogP contribution in [0, 0.1) is 0 Å². The lowest BCUT2D eigenvalue weighted by atomic mass is 10.2. The van der Waals surface area contributed by atoms with Crippen molar-refractivity contribution in [3.63, 3.8) is 0 Å². The average molecular weight is 381 g/mol. The molecule has 0 radical (unpaired) electrons. The van der Waals surface area contributed by atoms with Crippen LogP contribution in [0.5, 0.6) is 17.2 Å². The first-order chi connectivity index (χ1) is 8.62. The maximum absolute atomic E-state index is 5.50. The van der Waals surface area contributed by atoms with Crippen LogP contribution in [0.3, 0.4) is 0 Å². The van der Waals surface area contributed by atoms with Crippen LogP contribution in [0.1, 0.15) is 12.5 Å². The number of ether oxygens (including phenoxy) is 3. The van der Waals surface area contributed by atoms with Gasteiger partial charge in [0.1, 0.15) is 0 Å². The van der Waals surface area contributed by atoms with Crippen LogP contribution < -0.4 is 25.7 Å². The lowest BCUT2D eigenvalue weighted by Gasteiger charge is -2.14. The van der Waals surface area contributed by atoms with Gasteiger partial charge in [-0.3, -0.25) is 0 Å². The molecule has 0 heterocycles. The van der Waals surface area contributed by atoms with Gasteiger partial charge in [-0.15, -0.1) is 24.0 Å². The SMILES string of the molecule is CCOc1c(OC)cc(CN=C(N)N)cc1OC.I. The molecule has 0 atom stereocenters. The van der Waals surface area contributed by atoms with Gasteiger partial charge in [0.15, 0.2) is 17.5 Å². The topological polar surface area (TPSA) is 92.1 Å². The van der Waals surface area contributed by atoms with Crippen molar-refractivity contribution < 1.29 is 14.2 Å². The van der Waals surface area contributed by atoms with E-state index < -0.39 is 0 Å². The van der Waals surface area contributed by atoms with E-state index in [-0.39, 0.29) is 29.9 Å². The molecule has 1 rings (SSSR count). The van der Waals surface area contributed by atoms with Crippen LogP contribution in [0.4, 0.5) is 0 Å². The largest absolute Gasteiger partial charge is 0.493 e. The highest BCUT2D eigenvalue weighted by molar-refractivity contribution is 14.0. The van der Waals surface area contributed by atoms with Crippen LogP contribution in [0.15, 0.2) is 17.1 Å². The van der Waals surface area contributed by atoms with Crippen molar-refractivity contribution in [1.29, 1.82) is 0 Å². The minimum Gasteiger partial charge on any atom is -0.493 e. The van der Waals surface area contributed by atoms with Crippen LogP contribution in [0.2, 0.25) is 0 Å². The molecule has 0 fully saturated rings. The Kier molecular flexibility index (Phi) is 8.05. The number of halogens is 1. The van der Waals surface area contributed by atoms with Crippen molar-refractivity contribution >= 4 is 29.9 Å². The summed E-state index contributed by atoms with van der Waals surface area (Å²) in [5.74, 6) is 1.81. The summed E-state index contributed by atoms with van der Waals surface area (Å²) in [6.45, 7) is 2.79. The van der Waals surface area contributed by atoms with Crippen molar-refractivity contribution in [2.24, 2.45) is 16.5 Å². The van der Waals surface area contributed by atoms with E-state index in [0.717, 1.165) is 5.56 Å². The first-order valence-corrected chi connectivity index (χ1v) is 5.55. The molecule has 0 aromatic heterocycles. The van der Waals surface area contributed by atoms with Gasteiger partial charge in [-0.05, 0) is 24.6 Å². The molecule has 0 spiro atoms.